The third-order valence-corrected chi connectivity index (χ3v) is 8.28. The molecule has 1 saturated carbocycles. The minimum atomic E-state index is -3.62. The summed E-state index contributed by atoms with van der Waals surface area (Å²) < 4.78 is 39.0. The molecule has 1 saturated heterocycles. The summed E-state index contributed by atoms with van der Waals surface area (Å²) in [5.74, 6) is 1.05. The molecule has 2 heterocycles. The van der Waals surface area contributed by atoms with Crippen LogP contribution in [0, 0.1) is 5.92 Å². The van der Waals surface area contributed by atoms with E-state index in [1.54, 1.807) is 18.2 Å². The summed E-state index contributed by atoms with van der Waals surface area (Å²) >= 11 is 0. The summed E-state index contributed by atoms with van der Waals surface area (Å²) in [6, 6.07) is 5.08. The first-order valence-electron chi connectivity index (χ1n) is 11.2. The fraction of sp³-hybridized carbons (Fsp3) is 0.682. The van der Waals surface area contributed by atoms with Gasteiger partial charge in [-0.1, -0.05) is 25.7 Å². The zero-order valence-electron chi connectivity index (χ0n) is 17.5. The van der Waals surface area contributed by atoms with Crippen LogP contribution in [0.25, 0.3) is 0 Å². The van der Waals surface area contributed by atoms with Gasteiger partial charge in [-0.2, -0.15) is 4.31 Å². The lowest BCUT2D eigenvalue weighted by molar-refractivity contribution is -0.126. The largest absolute Gasteiger partial charge is 0.490 e. The Morgan fingerprint density at radius 3 is 2.27 bits per heavy atom. The zero-order chi connectivity index (χ0) is 21.0. The third kappa shape index (κ3) is 4.91. The number of ether oxygens (including phenoxy) is 2. The Morgan fingerprint density at radius 2 is 1.57 bits per heavy atom. The van der Waals surface area contributed by atoms with E-state index in [0.717, 1.165) is 19.3 Å². The molecule has 0 bridgehead atoms. The van der Waals surface area contributed by atoms with Crippen LogP contribution in [0.15, 0.2) is 23.1 Å². The molecule has 30 heavy (non-hydrogen) atoms. The van der Waals surface area contributed by atoms with E-state index in [0.29, 0.717) is 50.6 Å². The van der Waals surface area contributed by atoms with E-state index in [9.17, 15) is 13.2 Å². The summed E-state index contributed by atoms with van der Waals surface area (Å²) in [5.41, 5.74) is 0. The SMILES string of the molecule is O=C(NC1CCCCCC1)C1CCN(S(=O)(=O)c2ccc3c(c2)OCCCO3)CC1. The van der Waals surface area contributed by atoms with E-state index in [1.165, 1.54) is 30.0 Å². The quantitative estimate of drug-likeness (QED) is 0.733. The maximum absolute atomic E-state index is 13.1. The number of sulfonamides is 1. The average Bonchev–Trinajstić information content (AvgIpc) is 3.16. The molecule has 0 aromatic heterocycles. The lowest BCUT2D eigenvalue weighted by Crippen LogP contribution is -2.45. The molecule has 7 nitrogen and oxygen atoms in total. The number of carbonyl (C=O) groups is 1. The van der Waals surface area contributed by atoms with Crippen LogP contribution in [-0.2, 0) is 14.8 Å². The first-order chi connectivity index (χ1) is 14.5. The number of carbonyl (C=O) groups excluding carboxylic acids is 1. The Labute approximate surface area is 179 Å². The first-order valence-corrected chi connectivity index (χ1v) is 12.7. The highest BCUT2D eigenvalue weighted by molar-refractivity contribution is 7.89. The number of piperidine rings is 1. The van der Waals surface area contributed by atoms with Crippen molar-refractivity contribution in [3.8, 4) is 11.5 Å². The van der Waals surface area contributed by atoms with E-state index < -0.39 is 10.0 Å². The Balaban J connectivity index is 1.36. The van der Waals surface area contributed by atoms with Crippen molar-refractivity contribution in [2.24, 2.45) is 5.92 Å². The van der Waals surface area contributed by atoms with Gasteiger partial charge in [0.15, 0.2) is 11.5 Å². The van der Waals surface area contributed by atoms with E-state index in [-0.39, 0.29) is 22.8 Å². The number of nitrogens with one attached hydrogen (secondary N) is 1. The number of hydrogen-bond donors (Lipinski definition) is 1. The standard InChI is InChI=1S/C22H32N2O5S/c25-22(23-18-6-3-1-2-4-7-18)17-10-12-24(13-11-17)30(26,27)19-8-9-20-21(16-19)29-15-5-14-28-20/h8-9,16-18H,1-7,10-15H2,(H,23,25). The molecule has 166 valence electrons. The number of rotatable bonds is 4. The first kappa shape index (κ1) is 21.4. The van der Waals surface area contributed by atoms with Crippen molar-refractivity contribution in [2.75, 3.05) is 26.3 Å². The van der Waals surface area contributed by atoms with E-state index in [1.807, 2.05) is 0 Å². The Hall–Kier alpha value is -1.80. The van der Waals surface area contributed by atoms with Gasteiger partial charge in [-0.15, -0.1) is 0 Å². The van der Waals surface area contributed by atoms with Gasteiger partial charge in [-0.25, -0.2) is 8.42 Å². The molecule has 1 aromatic rings. The van der Waals surface area contributed by atoms with Gasteiger partial charge in [-0.3, -0.25) is 4.79 Å². The number of fused-ring (bicyclic) bond motifs is 1. The summed E-state index contributed by atoms with van der Waals surface area (Å²) in [5, 5.41) is 3.22. The summed E-state index contributed by atoms with van der Waals surface area (Å²) in [4.78, 5) is 12.9. The highest BCUT2D eigenvalue weighted by Gasteiger charge is 2.33. The van der Waals surface area contributed by atoms with E-state index in [4.69, 9.17) is 9.47 Å². The van der Waals surface area contributed by atoms with Crippen LogP contribution in [0.5, 0.6) is 11.5 Å². The van der Waals surface area contributed by atoms with Gasteiger partial charge in [0, 0.05) is 37.5 Å². The molecule has 1 amide bonds. The van der Waals surface area contributed by atoms with Crippen molar-refractivity contribution in [2.45, 2.75) is 68.7 Å². The van der Waals surface area contributed by atoms with Gasteiger partial charge in [-0.05, 0) is 37.8 Å². The predicted octanol–water partition coefficient (Wildman–Crippen LogP) is 3.09. The predicted molar refractivity (Wildman–Crippen MR) is 113 cm³/mol. The highest BCUT2D eigenvalue weighted by atomic mass is 32.2. The Kier molecular flexibility index (Phi) is 6.83. The molecule has 8 heteroatoms. The topological polar surface area (TPSA) is 84.9 Å². The van der Waals surface area contributed by atoms with Gasteiger partial charge < -0.3 is 14.8 Å². The molecule has 0 spiro atoms. The molecule has 3 aliphatic rings. The van der Waals surface area contributed by atoms with E-state index >= 15 is 0 Å². The molecular weight excluding hydrogens is 404 g/mol. The second-order valence-electron chi connectivity index (χ2n) is 8.53. The minimum Gasteiger partial charge on any atom is -0.490 e. The number of hydrogen-bond acceptors (Lipinski definition) is 5. The fourth-order valence-corrected chi connectivity index (χ4v) is 6.04. The van der Waals surface area contributed by atoms with Crippen molar-refractivity contribution < 1.29 is 22.7 Å². The Morgan fingerprint density at radius 1 is 0.900 bits per heavy atom. The summed E-state index contributed by atoms with van der Waals surface area (Å²) in [6.07, 6.45) is 8.86. The van der Waals surface area contributed by atoms with Crippen LogP contribution >= 0.6 is 0 Å². The van der Waals surface area contributed by atoms with Crippen LogP contribution in [0.2, 0.25) is 0 Å². The number of nitrogens with zero attached hydrogens (tertiary/aromatic N) is 1. The Bertz CT molecular complexity index is 841. The van der Waals surface area contributed by atoms with Crippen molar-refractivity contribution in [3.63, 3.8) is 0 Å². The second-order valence-corrected chi connectivity index (χ2v) is 10.5. The summed E-state index contributed by atoms with van der Waals surface area (Å²) in [7, 11) is -3.62. The van der Waals surface area contributed by atoms with Crippen LogP contribution in [0.4, 0.5) is 0 Å². The molecule has 0 atom stereocenters. The normalized spacial score (nSPS) is 22.1. The lowest BCUT2D eigenvalue weighted by Gasteiger charge is -2.31. The van der Waals surface area contributed by atoms with Crippen LogP contribution in [-0.4, -0.2) is 51.0 Å². The molecule has 0 unspecified atom stereocenters. The molecule has 2 fully saturated rings. The van der Waals surface area contributed by atoms with Crippen LogP contribution in [0.1, 0.15) is 57.8 Å². The maximum Gasteiger partial charge on any atom is 0.243 e. The number of amides is 1. The zero-order valence-corrected chi connectivity index (χ0v) is 18.3. The fourth-order valence-electron chi connectivity index (χ4n) is 4.55. The number of benzene rings is 1. The van der Waals surface area contributed by atoms with Crippen molar-refractivity contribution in [3.05, 3.63) is 18.2 Å². The maximum atomic E-state index is 13.1. The summed E-state index contributed by atoms with van der Waals surface area (Å²) in [6.45, 7) is 1.80. The molecule has 1 aromatic carbocycles. The third-order valence-electron chi connectivity index (χ3n) is 6.38. The molecule has 4 rings (SSSR count). The highest BCUT2D eigenvalue weighted by Crippen LogP contribution is 2.34. The van der Waals surface area contributed by atoms with Crippen LogP contribution < -0.4 is 14.8 Å². The minimum absolute atomic E-state index is 0.0922. The van der Waals surface area contributed by atoms with Crippen LogP contribution in [0.3, 0.4) is 0 Å². The molecule has 2 aliphatic heterocycles. The second kappa shape index (κ2) is 9.56. The monoisotopic (exact) mass is 436 g/mol. The van der Waals surface area contributed by atoms with Crippen molar-refractivity contribution in [1.29, 1.82) is 0 Å². The average molecular weight is 437 g/mol. The van der Waals surface area contributed by atoms with Gasteiger partial charge >= 0.3 is 0 Å². The molecule has 0 radical (unpaired) electrons. The molecule has 1 N–H and O–H groups in total. The van der Waals surface area contributed by atoms with Crippen molar-refractivity contribution >= 4 is 15.9 Å². The van der Waals surface area contributed by atoms with Gasteiger partial charge in [0.1, 0.15) is 0 Å². The lowest BCUT2D eigenvalue weighted by atomic mass is 9.96. The van der Waals surface area contributed by atoms with Crippen molar-refractivity contribution in [1.82, 2.24) is 9.62 Å². The van der Waals surface area contributed by atoms with Gasteiger partial charge in [0.25, 0.3) is 0 Å². The van der Waals surface area contributed by atoms with Gasteiger partial charge in [0.2, 0.25) is 15.9 Å². The van der Waals surface area contributed by atoms with E-state index in [2.05, 4.69) is 5.32 Å². The molecular formula is C22H32N2O5S. The smallest absolute Gasteiger partial charge is 0.243 e. The van der Waals surface area contributed by atoms with Gasteiger partial charge in [0.05, 0.1) is 18.1 Å². The molecule has 1 aliphatic carbocycles.